The minimum absolute atomic E-state index is 0.479. The summed E-state index contributed by atoms with van der Waals surface area (Å²) in [7, 11) is 1.65. The molecular weight excluding hydrogens is 186 g/mol. The van der Waals surface area contributed by atoms with Gasteiger partial charge in [0.2, 0.25) is 5.88 Å². The van der Waals surface area contributed by atoms with Gasteiger partial charge in [-0.15, -0.1) is 0 Å². The standard InChI is InChI=1S/C13H15NO/c1-9(2)11-8-13(15-3)14-12-7-5-4-6-10(11)12/h4-9H,1-3H3. The Balaban J connectivity index is 2.74. The molecule has 0 N–H and O–H groups in total. The van der Waals surface area contributed by atoms with Gasteiger partial charge in [0.05, 0.1) is 12.6 Å². The Kier molecular flexibility index (Phi) is 2.58. The number of pyridine rings is 1. The molecule has 0 unspecified atom stereocenters. The molecule has 1 aromatic carbocycles. The van der Waals surface area contributed by atoms with Gasteiger partial charge >= 0.3 is 0 Å². The van der Waals surface area contributed by atoms with E-state index in [1.165, 1.54) is 10.9 Å². The summed E-state index contributed by atoms with van der Waals surface area (Å²) < 4.78 is 5.20. The average Bonchev–Trinajstić information content (AvgIpc) is 2.27. The highest BCUT2D eigenvalue weighted by Gasteiger charge is 2.08. The van der Waals surface area contributed by atoms with Gasteiger partial charge in [0.1, 0.15) is 0 Å². The van der Waals surface area contributed by atoms with Gasteiger partial charge in [-0.25, -0.2) is 4.98 Å². The van der Waals surface area contributed by atoms with Crippen LogP contribution in [0.15, 0.2) is 30.3 Å². The molecule has 0 saturated carbocycles. The first-order valence-electron chi connectivity index (χ1n) is 5.16. The maximum atomic E-state index is 5.20. The van der Waals surface area contributed by atoms with Crippen molar-refractivity contribution in [1.82, 2.24) is 4.98 Å². The summed E-state index contributed by atoms with van der Waals surface area (Å²) in [6, 6.07) is 10.2. The molecule has 78 valence electrons. The van der Waals surface area contributed by atoms with Crippen molar-refractivity contribution in [3.8, 4) is 5.88 Å². The van der Waals surface area contributed by atoms with E-state index in [2.05, 4.69) is 24.9 Å². The van der Waals surface area contributed by atoms with Crippen LogP contribution in [0.3, 0.4) is 0 Å². The summed E-state index contributed by atoms with van der Waals surface area (Å²) in [5, 5.41) is 1.22. The Hall–Kier alpha value is -1.57. The fourth-order valence-corrected chi connectivity index (χ4v) is 1.76. The lowest BCUT2D eigenvalue weighted by Gasteiger charge is -2.11. The molecule has 0 aliphatic carbocycles. The van der Waals surface area contributed by atoms with Gasteiger partial charge in [0, 0.05) is 11.5 Å². The van der Waals surface area contributed by atoms with E-state index in [1.54, 1.807) is 7.11 Å². The van der Waals surface area contributed by atoms with E-state index in [9.17, 15) is 0 Å². The van der Waals surface area contributed by atoms with Crippen LogP contribution in [-0.4, -0.2) is 12.1 Å². The summed E-state index contributed by atoms with van der Waals surface area (Å²) in [5.41, 5.74) is 2.29. The second-order valence-corrected chi connectivity index (χ2v) is 3.93. The quantitative estimate of drug-likeness (QED) is 0.743. The lowest BCUT2D eigenvalue weighted by Crippen LogP contribution is -1.95. The lowest BCUT2D eigenvalue weighted by atomic mass is 9.99. The molecule has 1 aromatic heterocycles. The van der Waals surface area contributed by atoms with Crippen molar-refractivity contribution < 1.29 is 4.74 Å². The topological polar surface area (TPSA) is 22.1 Å². The monoisotopic (exact) mass is 201 g/mol. The van der Waals surface area contributed by atoms with Crippen LogP contribution in [0.5, 0.6) is 5.88 Å². The summed E-state index contributed by atoms with van der Waals surface area (Å²) in [6.07, 6.45) is 0. The molecule has 15 heavy (non-hydrogen) atoms. The molecule has 0 amide bonds. The third kappa shape index (κ3) is 1.80. The number of ether oxygens (including phenoxy) is 1. The largest absolute Gasteiger partial charge is 0.481 e. The minimum Gasteiger partial charge on any atom is -0.481 e. The number of hydrogen-bond donors (Lipinski definition) is 0. The van der Waals surface area contributed by atoms with Crippen LogP contribution in [0.2, 0.25) is 0 Å². The first-order valence-corrected chi connectivity index (χ1v) is 5.16. The highest BCUT2D eigenvalue weighted by molar-refractivity contribution is 5.83. The highest BCUT2D eigenvalue weighted by Crippen LogP contribution is 2.27. The zero-order valence-corrected chi connectivity index (χ0v) is 9.32. The minimum atomic E-state index is 0.479. The summed E-state index contributed by atoms with van der Waals surface area (Å²) in [4.78, 5) is 4.41. The van der Waals surface area contributed by atoms with E-state index in [4.69, 9.17) is 4.74 Å². The van der Waals surface area contributed by atoms with Crippen molar-refractivity contribution in [2.45, 2.75) is 19.8 Å². The van der Waals surface area contributed by atoms with Crippen LogP contribution in [0.1, 0.15) is 25.3 Å². The lowest BCUT2D eigenvalue weighted by molar-refractivity contribution is 0.399. The second kappa shape index (κ2) is 3.89. The summed E-state index contributed by atoms with van der Waals surface area (Å²) >= 11 is 0. The molecule has 0 bridgehead atoms. The molecule has 2 rings (SSSR count). The number of nitrogens with zero attached hydrogens (tertiary/aromatic N) is 1. The van der Waals surface area contributed by atoms with Gasteiger partial charge < -0.3 is 4.74 Å². The van der Waals surface area contributed by atoms with Crippen LogP contribution in [-0.2, 0) is 0 Å². The van der Waals surface area contributed by atoms with Gasteiger partial charge in [-0.1, -0.05) is 32.0 Å². The number of benzene rings is 1. The zero-order valence-electron chi connectivity index (χ0n) is 9.32. The van der Waals surface area contributed by atoms with Crippen molar-refractivity contribution >= 4 is 10.9 Å². The first kappa shape index (κ1) is 9.97. The van der Waals surface area contributed by atoms with Crippen molar-refractivity contribution in [3.63, 3.8) is 0 Å². The van der Waals surface area contributed by atoms with E-state index < -0.39 is 0 Å². The first-order chi connectivity index (χ1) is 7.22. The second-order valence-electron chi connectivity index (χ2n) is 3.93. The molecule has 2 nitrogen and oxygen atoms in total. The van der Waals surface area contributed by atoms with Crippen molar-refractivity contribution in [1.29, 1.82) is 0 Å². The number of para-hydroxylation sites is 1. The van der Waals surface area contributed by atoms with Gasteiger partial charge in [-0.2, -0.15) is 0 Å². The molecule has 2 aromatic rings. The van der Waals surface area contributed by atoms with Gasteiger partial charge in [0.25, 0.3) is 0 Å². The van der Waals surface area contributed by atoms with E-state index >= 15 is 0 Å². The highest BCUT2D eigenvalue weighted by atomic mass is 16.5. The van der Waals surface area contributed by atoms with Gasteiger partial charge in [0.15, 0.2) is 0 Å². The SMILES string of the molecule is COc1cc(C(C)C)c2ccccc2n1. The average molecular weight is 201 g/mol. The van der Waals surface area contributed by atoms with E-state index in [1.807, 2.05) is 24.3 Å². The van der Waals surface area contributed by atoms with E-state index in [-0.39, 0.29) is 0 Å². The van der Waals surface area contributed by atoms with Crippen LogP contribution in [0.4, 0.5) is 0 Å². The molecule has 1 heterocycles. The van der Waals surface area contributed by atoms with Crippen LogP contribution in [0.25, 0.3) is 10.9 Å². The molecule has 2 heteroatoms. The Morgan fingerprint density at radius 1 is 1.20 bits per heavy atom. The zero-order chi connectivity index (χ0) is 10.8. The van der Waals surface area contributed by atoms with Crippen LogP contribution in [0, 0.1) is 0 Å². The maximum Gasteiger partial charge on any atom is 0.213 e. The number of hydrogen-bond acceptors (Lipinski definition) is 2. The van der Waals surface area contributed by atoms with Crippen molar-refractivity contribution in [2.75, 3.05) is 7.11 Å². The van der Waals surface area contributed by atoms with Crippen LogP contribution >= 0.6 is 0 Å². The van der Waals surface area contributed by atoms with Crippen LogP contribution < -0.4 is 4.74 Å². The number of methoxy groups -OCH3 is 1. The van der Waals surface area contributed by atoms with Gasteiger partial charge in [-0.3, -0.25) is 0 Å². The molecule has 0 atom stereocenters. The molecule has 0 spiro atoms. The predicted octanol–water partition coefficient (Wildman–Crippen LogP) is 3.37. The Morgan fingerprint density at radius 2 is 1.93 bits per heavy atom. The fraction of sp³-hybridized carbons (Fsp3) is 0.308. The third-order valence-corrected chi connectivity index (χ3v) is 2.56. The molecule has 0 aliphatic heterocycles. The molecule has 0 fully saturated rings. The van der Waals surface area contributed by atoms with E-state index in [0.717, 1.165) is 5.52 Å². The summed E-state index contributed by atoms with van der Waals surface area (Å²) in [6.45, 7) is 4.36. The third-order valence-electron chi connectivity index (χ3n) is 2.56. The van der Waals surface area contributed by atoms with Gasteiger partial charge in [-0.05, 0) is 17.5 Å². The number of fused-ring (bicyclic) bond motifs is 1. The molecule has 0 radical (unpaired) electrons. The van der Waals surface area contributed by atoms with E-state index in [0.29, 0.717) is 11.8 Å². The Labute approximate surface area is 89.9 Å². The molecule has 0 saturated heterocycles. The van der Waals surface area contributed by atoms with Crippen molar-refractivity contribution in [2.24, 2.45) is 0 Å². The maximum absolute atomic E-state index is 5.20. The normalized spacial score (nSPS) is 10.9. The molecule has 0 aliphatic rings. The Bertz CT molecular complexity index is 477. The molecular formula is C13H15NO. The fourth-order valence-electron chi connectivity index (χ4n) is 1.76. The Morgan fingerprint density at radius 3 is 2.60 bits per heavy atom. The smallest absolute Gasteiger partial charge is 0.213 e. The van der Waals surface area contributed by atoms with Crippen molar-refractivity contribution in [3.05, 3.63) is 35.9 Å². The summed E-state index contributed by atoms with van der Waals surface area (Å²) in [5.74, 6) is 1.17. The number of aromatic nitrogens is 1. The number of rotatable bonds is 2. The predicted molar refractivity (Wildman–Crippen MR) is 62.4 cm³/mol.